The van der Waals surface area contributed by atoms with Crippen LogP contribution in [0, 0.1) is 0 Å². The largest absolute Gasteiger partial charge is 0.310 e. The van der Waals surface area contributed by atoms with E-state index >= 15 is 0 Å². The summed E-state index contributed by atoms with van der Waals surface area (Å²) in [5.41, 5.74) is 7.76. The van der Waals surface area contributed by atoms with Crippen LogP contribution in [0.15, 0.2) is 97.1 Å². The molecule has 0 aliphatic carbocycles. The average Bonchev–Trinajstić information content (AvgIpc) is 3.08. The SMILES string of the molecule is Bc1ccccc1-n1c2ccccc2c2ccc(B(C)c3ccccc3)cc21. The predicted molar refractivity (Wildman–Crippen MR) is 126 cm³/mol. The van der Waals surface area contributed by atoms with Crippen molar-refractivity contribution in [2.45, 2.75) is 6.82 Å². The molecule has 0 saturated heterocycles. The first-order valence-electron chi connectivity index (χ1n) is 9.88. The molecule has 0 aliphatic heterocycles. The molecule has 5 rings (SSSR count). The van der Waals surface area contributed by atoms with Crippen molar-refractivity contribution in [3.05, 3.63) is 97.1 Å². The zero-order valence-electron chi connectivity index (χ0n) is 16.3. The molecule has 3 heteroatoms. The van der Waals surface area contributed by atoms with Gasteiger partial charge in [-0.25, -0.2) is 0 Å². The Morgan fingerprint density at radius 1 is 0.643 bits per heavy atom. The maximum atomic E-state index is 2.42. The van der Waals surface area contributed by atoms with Crippen molar-refractivity contribution < 1.29 is 0 Å². The molecule has 5 aromatic rings. The molecule has 0 aliphatic rings. The minimum absolute atomic E-state index is 0.355. The van der Waals surface area contributed by atoms with E-state index < -0.39 is 0 Å². The monoisotopic (exact) mass is 357 g/mol. The van der Waals surface area contributed by atoms with Crippen molar-refractivity contribution in [1.82, 2.24) is 4.57 Å². The molecule has 1 heterocycles. The fourth-order valence-electron chi connectivity index (χ4n) is 4.26. The fourth-order valence-corrected chi connectivity index (χ4v) is 4.26. The zero-order valence-corrected chi connectivity index (χ0v) is 16.3. The molecule has 0 atom stereocenters. The summed E-state index contributed by atoms with van der Waals surface area (Å²) in [4.78, 5) is 0. The van der Waals surface area contributed by atoms with Crippen LogP contribution in [0.4, 0.5) is 0 Å². The second-order valence-electron chi connectivity index (χ2n) is 7.55. The van der Waals surface area contributed by atoms with Crippen molar-refractivity contribution in [1.29, 1.82) is 0 Å². The maximum Gasteiger partial charge on any atom is 0.206 e. The van der Waals surface area contributed by atoms with E-state index in [1.54, 1.807) is 0 Å². The number of hydrogen-bond donors (Lipinski definition) is 0. The van der Waals surface area contributed by atoms with Crippen LogP contribution < -0.4 is 16.4 Å². The Morgan fingerprint density at radius 3 is 2.14 bits per heavy atom. The number of rotatable bonds is 3. The molecule has 4 aromatic carbocycles. The number of aromatic nitrogens is 1. The molecule has 0 bridgehead atoms. The van der Waals surface area contributed by atoms with E-state index in [1.807, 2.05) is 0 Å². The number of fused-ring (bicyclic) bond motifs is 3. The molecule has 28 heavy (non-hydrogen) atoms. The molecular weight excluding hydrogens is 336 g/mol. The molecule has 0 spiro atoms. The quantitative estimate of drug-likeness (QED) is 0.437. The van der Waals surface area contributed by atoms with Gasteiger partial charge in [0.15, 0.2) is 0 Å². The Bertz CT molecular complexity index is 1290. The lowest BCUT2D eigenvalue weighted by Crippen LogP contribution is -2.38. The minimum Gasteiger partial charge on any atom is -0.310 e. The van der Waals surface area contributed by atoms with Gasteiger partial charge in [0.2, 0.25) is 6.71 Å². The van der Waals surface area contributed by atoms with Crippen LogP contribution in [0.2, 0.25) is 6.82 Å². The van der Waals surface area contributed by atoms with E-state index in [0.717, 1.165) is 0 Å². The Labute approximate surface area is 167 Å². The third-order valence-electron chi connectivity index (χ3n) is 5.85. The Kier molecular flexibility index (Phi) is 4.09. The van der Waals surface area contributed by atoms with Crippen LogP contribution in [-0.4, -0.2) is 19.1 Å². The number of para-hydroxylation sites is 2. The molecule has 0 fully saturated rings. The fraction of sp³-hybridized carbons (Fsp3) is 0.0400. The highest BCUT2D eigenvalue weighted by Crippen LogP contribution is 2.30. The molecule has 0 saturated carbocycles. The molecule has 132 valence electrons. The van der Waals surface area contributed by atoms with E-state index in [0.29, 0.717) is 6.71 Å². The predicted octanol–water partition coefficient (Wildman–Crippen LogP) is 3.28. The third-order valence-corrected chi connectivity index (χ3v) is 5.85. The third kappa shape index (κ3) is 2.66. The van der Waals surface area contributed by atoms with Gasteiger partial charge in [0, 0.05) is 16.5 Å². The molecule has 0 radical (unpaired) electrons. The highest BCUT2D eigenvalue weighted by Gasteiger charge is 2.17. The normalized spacial score (nSPS) is 11.2. The van der Waals surface area contributed by atoms with E-state index in [4.69, 9.17) is 0 Å². The first kappa shape index (κ1) is 16.9. The van der Waals surface area contributed by atoms with E-state index in [1.165, 1.54) is 43.9 Å². The molecule has 1 aromatic heterocycles. The van der Waals surface area contributed by atoms with Gasteiger partial charge in [-0.05, 0) is 18.2 Å². The average molecular weight is 357 g/mol. The van der Waals surface area contributed by atoms with Crippen molar-refractivity contribution in [2.24, 2.45) is 0 Å². The van der Waals surface area contributed by atoms with Crippen molar-refractivity contribution in [2.75, 3.05) is 0 Å². The molecule has 0 unspecified atom stereocenters. The van der Waals surface area contributed by atoms with Crippen LogP contribution in [0.1, 0.15) is 0 Å². The summed E-state index contributed by atoms with van der Waals surface area (Å²) in [6.45, 7) is 2.64. The second kappa shape index (κ2) is 6.76. The molecular formula is C25H21B2N. The smallest absolute Gasteiger partial charge is 0.206 e. The van der Waals surface area contributed by atoms with Gasteiger partial charge in [-0.15, -0.1) is 0 Å². The van der Waals surface area contributed by atoms with Crippen LogP contribution in [0.25, 0.3) is 27.5 Å². The van der Waals surface area contributed by atoms with Gasteiger partial charge in [-0.3, -0.25) is 0 Å². The summed E-state index contributed by atoms with van der Waals surface area (Å²) in [6, 6.07) is 35.0. The lowest BCUT2D eigenvalue weighted by atomic mass is 9.42. The summed E-state index contributed by atoms with van der Waals surface area (Å²) in [5.74, 6) is 0. The van der Waals surface area contributed by atoms with Gasteiger partial charge in [-0.2, -0.15) is 0 Å². The van der Waals surface area contributed by atoms with Crippen LogP contribution >= 0.6 is 0 Å². The number of benzene rings is 4. The van der Waals surface area contributed by atoms with E-state index in [-0.39, 0.29) is 0 Å². The molecule has 0 amide bonds. The minimum atomic E-state index is 0.355. The lowest BCUT2D eigenvalue weighted by Gasteiger charge is -2.13. The van der Waals surface area contributed by atoms with Gasteiger partial charge >= 0.3 is 0 Å². The van der Waals surface area contributed by atoms with Crippen molar-refractivity contribution in [3.63, 3.8) is 0 Å². The van der Waals surface area contributed by atoms with Gasteiger partial charge in [0.1, 0.15) is 7.85 Å². The summed E-state index contributed by atoms with van der Waals surface area (Å²) in [6.07, 6.45) is 0. The van der Waals surface area contributed by atoms with Crippen LogP contribution in [0.5, 0.6) is 0 Å². The van der Waals surface area contributed by atoms with Crippen LogP contribution in [-0.2, 0) is 0 Å². The first-order valence-corrected chi connectivity index (χ1v) is 9.88. The highest BCUT2D eigenvalue weighted by molar-refractivity contribution is 6.84. The standard InChI is InChI=1S/C25H21B2N/c1-27(18-9-3-2-4-10-18)19-15-16-21-20-11-5-7-13-23(20)28(25(21)17-19)24-14-8-6-12-22(24)26/h2-17H,26H2,1H3. The van der Waals surface area contributed by atoms with Gasteiger partial charge in [0.25, 0.3) is 0 Å². The summed E-state index contributed by atoms with van der Waals surface area (Å²) >= 11 is 0. The second-order valence-corrected chi connectivity index (χ2v) is 7.55. The topological polar surface area (TPSA) is 4.93 Å². The summed E-state index contributed by atoms with van der Waals surface area (Å²) < 4.78 is 2.42. The maximum absolute atomic E-state index is 2.42. The Morgan fingerprint density at radius 2 is 1.32 bits per heavy atom. The van der Waals surface area contributed by atoms with E-state index in [2.05, 4.69) is 116 Å². The lowest BCUT2D eigenvalue weighted by molar-refractivity contribution is 1.19. The zero-order chi connectivity index (χ0) is 19.1. The van der Waals surface area contributed by atoms with Crippen molar-refractivity contribution in [3.8, 4) is 5.69 Å². The van der Waals surface area contributed by atoms with Gasteiger partial charge in [0.05, 0.1) is 11.0 Å². The Hall–Kier alpha value is -3.19. The van der Waals surface area contributed by atoms with E-state index in [9.17, 15) is 0 Å². The number of hydrogen-bond acceptors (Lipinski definition) is 0. The summed E-state index contributed by atoms with van der Waals surface area (Å²) in [5, 5.41) is 2.61. The van der Waals surface area contributed by atoms with Gasteiger partial charge < -0.3 is 4.57 Å². The van der Waals surface area contributed by atoms with Crippen molar-refractivity contribution >= 4 is 52.8 Å². The van der Waals surface area contributed by atoms with Crippen LogP contribution in [0.3, 0.4) is 0 Å². The highest BCUT2D eigenvalue weighted by atomic mass is 15.0. The molecule has 0 N–H and O–H groups in total. The number of nitrogens with zero attached hydrogens (tertiary/aromatic N) is 1. The summed E-state index contributed by atoms with van der Waals surface area (Å²) in [7, 11) is 2.19. The first-order chi connectivity index (χ1) is 13.7. The Balaban J connectivity index is 1.80. The van der Waals surface area contributed by atoms with Gasteiger partial charge in [-0.1, -0.05) is 102 Å². The molecule has 1 nitrogen and oxygen atoms in total.